The number of H-pyrrole nitrogens is 1. The molecule has 0 bridgehead atoms. The lowest BCUT2D eigenvalue weighted by molar-refractivity contribution is -0.139. The summed E-state index contributed by atoms with van der Waals surface area (Å²) in [6, 6.07) is 13.7. The van der Waals surface area contributed by atoms with Gasteiger partial charge in [-0.3, -0.25) is 19.4 Å². The van der Waals surface area contributed by atoms with Crippen LogP contribution in [0.4, 0.5) is 4.79 Å². The number of esters is 1. The van der Waals surface area contributed by atoms with Crippen molar-refractivity contribution in [3.63, 3.8) is 0 Å². The molecule has 2 aromatic carbocycles. The van der Waals surface area contributed by atoms with Crippen molar-refractivity contribution in [1.82, 2.24) is 20.6 Å². The quantitative estimate of drug-likeness (QED) is 0.0349. The highest BCUT2D eigenvalue weighted by atomic mass is 16.5. The van der Waals surface area contributed by atoms with Gasteiger partial charge in [0.2, 0.25) is 5.91 Å². The number of ether oxygens (including phenoxy) is 2. The summed E-state index contributed by atoms with van der Waals surface area (Å²) in [7, 11) is 0. The summed E-state index contributed by atoms with van der Waals surface area (Å²) in [5, 5.41) is 14.7. The Bertz CT molecular complexity index is 1690. The summed E-state index contributed by atoms with van der Waals surface area (Å²) in [4.78, 5) is 74.9. The molecule has 3 atom stereocenters. The number of aliphatic imine (C=N–C) groups is 1. The molecule has 1 aliphatic rings. The van der Waals surface area contributed by atoms with Gasteiger partial charge in [-0.05, 0) is 42.0 Å². The highest BCUT2D eigenvalue weighted by Crippen LogP contribution is 2.44. The Kier molecular flexibility index (Phi) is 13.9. The minimum Gasteiger partial charge on any atom is -0.481 e. The Morgan fingerprint density at radius 2 is 1.69 bits per heavy atom. The zero-order chi connectivity index (χ0) is 36.8. The van der Waals surface area contributed by atoms with Crippen molar-refractivity contribution in [1.29, 1.82) is 0 Å². The second-order valence-electron chi connectivity index (χ2n) is 11.9. The maximum Gasteiger partial charge on any atom is 0.407 e. The molecular formula is C36H43N7O8. The third kappa shape index (κ3) is 11.3. The topological polar surface area (TPSA) is 241 Å². The number of alkyl carbamates (subject to hydrolysis) is 1. The molecule has 4 rings (SSSR count). The number of aliphatic carboxylic acids is 1. The van der Waals surface area contributed by atoms with Gasteiger partial charge >= 0.3 is 18.0 Å². The van der Waals surface area contributed by atoms with Gasteiger partial charge < -0.3 is 41.7 Å². The number of imidazole rings is 1. The number of carboxylic acid groups (broad SMARTS) is 1. The minimum atomic E-state index is -1.22. The van der Waals surface area contributed by atoms with Crippen molar-refractivity contribution in [3.05, 3.63) is 90.0 Å². The first kappa shape index (κ1) is 37.8. The van der Waals surface area contributed by atoms with E-state index in [1.807, 2.05) is 48.5 Å². The molecule has 15 heteroatoms. The van der Waals surface area contributed by atoms with Crippen molar-refractivity contribution < 1.29 is 38.6 Å². The number of carbonyl (C=O) groups is 5. The summed E-state index contributed by atoms with van der Waals surface area (Å²) < 4.78 is 10.5. The Morgan fingerprint density at radius 3 is 2.29 bits per heavy atom. The summed E-state index contributed by atoms with van der Waals surface area (Å²) in [5.41, 5.74) is 15.7. The van der Waals surface area contributed by atoms with Crippen LogP contribution in [0, 0.1) is 5.92 Å². The van der Waals surface area contributed by atoms with Crippen LogP contribution < -0.4 is 22.1 Å². The number of nitrogens with two attached hydrogens (primary N) is 2. The van der Waals surface area contributed by atoms with Crippen LogP contribution in [0.1, 0.15) is 55.3 Å². The van der Waals surface area contributed by atoms with E-state index < -0.39 is 54.1 Å². The molecule has 0 unspecified atom stereocenters. The van der Waals surface area contributed by atoms with Gasteiger partial charge in [-0.25, -0.2) is 14.6 Å². The molecule has 0 aliphatic heterocycles. The van der Waals surface area contributed by atoms with Gasteiger partial charge in [0.1, 0.15) is 6.61 Å². The average molecular weight is 702 g/mol. The molecule has 1 aromatic heterocycles. The molecule has 0 saturated heterocycles. The zero-order valence-electron chi connectivity index (χ0n) is 28.2. The van der Waals surface area contributed by atoms with Crippen molar-refractivity contribution >= 4 is 35.7 Å². The number of benzene rings is 2. The Hall–Kier alpha value is -5.99. The van der Waals surface area contributed by atoms with Crippen LogP contribution in [0.5, 0.6) is 0 Å². The second kappa shape index (κ2) is 18.7. The fourth-order valence-corrected chi connectivity index (χ4v) is 5.94. The van der Waals surface area contributed by atoms with E-state index in [1.165, 1.54) is 18.6 Å². The Balaban J connectivity index is 1.48. The van der Waals surface area contributed by atoms with Crippen molar-refractivity contribution in [3.8, 4) is 11.1 Å². The maximum absolute atomic E-state index is 13.9. The molecule has 270 valence electrons. The number of aromatic nitrogens is 2. The molecule has 0 radical (unpaired) electrons. The van der Waals surface area contributed by atoms with E-state index in [0.717, 1.165) is 28.3 Å². The SMILES string of the molecule is CCOC(=O)/C=C/[C@H](CC(=O)O)NC(=O)[C@@H](CC(=O)[C@H](CCCN=C(N)N)NC(=O)OCC1c2ccccc2-c2ccccc21)Cc1cnc[nH]1. The number of hydrogen-bond acceptors (Lipinski definition) is 9. The third-order valence-electron chi connectivity index (χ3n) is 8.28. The molecule has 1 heterocycles. The lowest BCUT2D eigenvalue weighted by atomic mass is 9.91. The predicted molar refractivity (Wildman–Crippen MR) is 187 cm³/mol. The normalized spacial score (nSPS) is 13.7. The zero-order valence-corrected chi connectivity index (χ0v) is 28.2. The van der Waals surface area contributed by atoms with E-state index in [9.17, 15) is 29.1 Å². The third-order valence-corrected chi connectivity index (χ3v) is 8.28. The van der Waals surface area contributed by atoms with E-state index in [0.29, 0.717) is 12.1 Å². The van der Waals surface area contributed by atoms with Gasteiger partial charge in [0, 0.05) is 43.3 Å². The minimum absolute atomic E-state index is 0.0317. The lowest BCUT2D eigenvalue weighted by Crippen LogP contribution is -2.45. The van der Waals surface area contributed by atoms with Crippen LogP contribution in [0.15, 0.2) is 78.2 Å². The van der Waals surface area contributed by atoms with E-state index in [2.05, 4.69) is 25.6 Å². The molecule has 3 aromatic rings. The number of Topliss-reactive ketones (excluding diaryl/α,β-unsaturated/α-hetero) is 1. The highest BCUT2D eigenvalue weighted by Gasteiger charge is 2.32. The number of ketones is 1. The molecule has 15 nitrogen and oxygen atoms in total. The largest absolute Gasteiger partial charge is 0.481 e. The molecule has 1 aliphatic carbocycles. The molecule has 2 amide bonds. The van der Waals surface area contributed by atoms with Crippen LogP contribution in [-0.4, -0.2) is 82.6 Å². The van der Waals surface area contributed by atoms with Gasteiger partial charge in [0.05, 0.1) is 37.4 Å². The van der Waals surface area contributed by atoms with Gasteiger partial charge in [0.15, 0.2) is 11.7 Å². The van der Waals surface area contributed by atoms with Gasteiger partial charge in [-0.15, -0.1) is 0 Å². The van der Waals surface area contributed by atoms with Crippen LogP contribution in [0.2, 0.25) is 0 Å². The first-order chi connectivity index (χ1) is 24.5. The van der Waals surface area contributed by atoms with Crippen molar-refractivity contribution in [2.45, 2.75) is 57.0 Å². The monoisotopic (exact) mass is 701 g/mol. The van der Waals surface area contributed by atoms with Crippen LogP contribution in [0.3, 0.4) is 0 Å². The number of guanidine groups is 1. The lowest BCUT2D eigenvalue weighted by Gasteiger charge is -2.23. The second-order valence-corrected chi connectivity index (χ2v) is 11.9. The first-order valence-electron chi connectivity index (χ1n) is 16.6. The fourth-order valence-electron chi connectivity index (χ4n) is 5.94. The number of rotatable bonds is 19. The van der Waals surface area contributed by atoms with Crippen molar-refractivity contribution in [2.24, 2.45) is 22.4 Å². The molecule has 0 spiro atoms. The summed E-state index contributed by atoms with van der Waals surface area (Å²) >= 11 is 0. The van der Waals surface area contributed by atoms with Gasteiger partial charge in [-0.1, -0.05) is 54.6 Å². The number of hydrogen-bond donors (Lipinski definition) is 6. The fraction of sp³-hybridized carbons (Fsp3) is 0.361. The van der Waals surface area contributed by atoms with Gasteiger partial charge in [0.25, 0.3) is 0 Å². The maximum atomic E-state index is 13.9. The van der Waals surface area contributed by atoms with Crippen LogP contribution >= 0.6 is 0 Å². The van der Waals surface area contributed by atoms with E-state index >= 15 is 0 Å². The number of carboxylic acids is 1. The van der Waals surface area contributed by atoms with Gasteiger partial charge in [-0.2, -0.15) is 0 Å². The van der Waals surface area contributed by atoms with E-state index in [-0.39, 0.29) is 50.9 Å². The molecule has 0 fully saturated rings. The number of fused-ring (bicyclic) bond motifs is 3. The summed E-state index contributed by atoms with van der Waals surface area (Å²) in [5.74, 6) is -4.35. The highest BCUT2D eigenvalue weighted by molar-refractivity contribution is 5.92. The number of amides is 2. The van der Waals surface area contributed by atoms with Crippen LogP contribution in [0.25, 0.3) is 11.1 Å². The molecule has 0 saturated carbocycles. The summed E-state index contributed by atoms with van der Waals surface area (Å²) in [6.07, 6.45) is 4.04. The van der Waals surface area contributed by atoms with Crippen LogP contribution in [-0.2, 0) is 35.1 Å². The number of carbonyl (C=O) groups excluding carboxylic acids is 4. The Labute approximate surface area is 294 Å². The smallest absolute Gasteiger partial charge is 0.407 e. The van der Waals surface area contributed by atoms with E-state index in [4.69, 9.17) is 20.9 Å². The number of nitrogens with one attached hydrogen (secondary N) is 3. The first-order valence-corrected chi connectivity index (χ1v) is 16.6. The predicted octanol–water partition coefficient (Wildman–Crippen LogP) is 2.57. The molecular weight excluding hydrogens is 658 g/mol. The number of nitrogens with zero attached hydrogens (tertiary/aromatic N) is 2. The molecule has 51 heavy (non-hydrogen) atoms. The van der Waals surface area contributed by atoms with E-state index in [1.54, 1.807) is 6.92 Å². The average Bonchev–Trinajstić information content (AvgIpc) is 3.73. The molecule has 8 N–H and O–H groups in total. The number of aromatic amines is 1. The van der Waals surface area contributed by atoms with Crippen molar-refractivity contribution in [2.75, 3.05) is 19.8 Å². The summed E-state index contributed by atoms with van der Waals surface area (Å²) in [6.45, 7) is 1.96. The Morgan fingerprint density at radius 1 is 1.00 bits per heavy atom. The standard InChI is InChI=1S/C36H43N7O8/c1-2-50-33(47)14-13-23(18-32(45)46)42-34(48)22(16-24-19-39-21-41-24)17-31(44)30(12-7-15-40-35(37)38)43-36(49)51-20-29-27-10-5-3-8-25(27)26-9-4-6-11-28(26)29/h3-6,8-11,13-14,19,21-23,29-30H,2,7,12,15-18,20H2,1H3,(H,39,41)(H,42,48)(H,43,49)(H,45,46)(H4,37,38,40)/b14-13+/t22-,23-,30+/m1/s1.